The summed E-state index contributed by atoms with van der Waals surface area (Å²) < 4.78 is 11.4. The van der Waals surface area contributed by atoms with E-state index in [0.29, 0.717) is 17.1 Å². The summed E-state index contributed by atoms with van der Waals surface area (Å²) in [5.41, 5.74) is 10.7. The zero-order chi connectivity index (χ0) is 34.4. The molecule has 2 aliphatic carbocycles. The first-order valence-electron chi connectivity index (χ1n) is 17.6. The Balaban J connectivity index is 1.26. The fourth-order valence-electron chi connectivity index (χ4n) is 8.73. The molecule has 3 unspecified atom stereocenters. The first-order chi connectivity index (χ1) is 25.0. The number of nitriles is 2. The average molecular weight is 657 g/mol. The van der Waals surface area contributed by atoms with Crippen LogP contribution in [0.1, 0.15) is 37.4 Å². The van der Waals surface area contributed by atoms with Crippen LogP contribution in [0.3, 0.4) is 0 Å². The number of allylic oxidation sites excluding steroid dienone is 8. The highest BCUT2D eigenvalue weighted by Gasteiger charge is 2.31. The maximum atomic E-state index is 10.2. The number of aromatic nitrogens is 2. The summed E-state index contributed by atoms with van der Waals surface area (Å²) in [5, 5.41) is 26.6. The lowest BCUT2D eigenvalue weighted by atomic mass is 9.82. The highest BCUT2D eigenvalue weighted by molar-refractivity contribution is 6.22. The summed E-state index contributed by atoms with van der Waals surface area (Å²) in [7, 11) is 0. The molecule has 242 valence electrons. The van der Waals surface area contributed by atoms with Crippen molar-refractivity contribution in [2.24, 2.45) is 11.8 Å². The van der Waals surface area contributed by atoms with Gasteiger partial charge in [0.1, 0.15) is 5.58 Å². The second-order valence-electron chi connectivity index (χ2n) is 14.1. The van der Waals surface area contributed by atoms with Gasteiger partial charge in [0.15, 0.2) is 5.58 Å². The molecule has 5 nitrogen and oxygen atoms in total. The maximum Gasteiger partial charge on any atom is 0.160 e. The van der Waals surface area contributed by atoms with Gasteiger partial charge in [0, 0.05) is 60.5 Å². The minimum absolute atomic E-state index is 0.0283. The van der Waals surface area contributed by atoms with E-state index in [0.717, 1.165) is 88.8 Å². The molecular formula is C46H32N4O. The molecule has 0 N–H and O–H groups in total. The van der Waals surface area contributed by atoms with Crippen LogP contribution in [0.4, 0.5) is 0 Å². The van der Waals surface area contributed by atoms with Gasteiger partial charge < -0.3 is 13.6 Å². The van der Waals surface area contributed by atoms with Gasteiger partial charge in [0.05, 0.1) is 34.8 Å². The van der Waals surface area contributed by atoms with Crippen LogP contribution in [-0.2, 0) is 0 Å². The predicted molar refractivity (Wildman–Crippen MR) is 208 cm³/mol. The van der Waals surface area contributed by atoms with E-state index in [1.54, 1.807) is 0 Å². The highest BCUT2D eigenvalue weighted by Crippen LogP contribution is 2.47. The molecule has 0 saturated carbocycles. The van der Waals surface area contributed by atoms with Crippen molar-refractivity contribution >= 4 is 76.8 Å². The standard InChI is InChI=1S/C46H32N4O/c1-27-8-7-9-32(20-27)49-41-19-15-31(24-39(41)35-16-17-36-34-11-4-6-13-43(34)51-46(36)45(35)49)37-23-30(26-48)21-28(2)44(37)50-40-12-5-3-10-33(40)38-22-29(25-47)14-18-42(38)50/h3-7,9-24,27-28,44H,8H2,1-2H3. The normalized spacial score (nSPS) is 19.1. The molecule has 3 aromatic heterocycles. The first kappa shape index (κ1) is 29.4. The predicted octanol–water partition coefficient (Wildman–Crippen LogP) is 11.8. The Morgan fingerprint density at radius 1 is 0.706 bits per heavy atom. The Morgan fingerprint density at radius 2 is 1.47 bits per heavy atom. The number of fused-ring (bicyclic) bond motifs is 10. The molecule has 0 saturated heterocycles. The maximum absolute atomic E-state index is 10.2. The summed E-state index contributed by atoms with van der Waals surface area (Å²) in [6.45, 7) is 4.46. The van der Waals surface area contributed by atoms with Crippen LogP contribution in [0.15, 0.2) is 137 Å². The van der Waals surface area contributed by atoms with E-state index in [4.69, 9.17) is 4.42 Å². The van der Waals surface area contributed by atoms with Crippen LogP contribution in [0.25, 0.3) is 76.8 Å². The van der Waals surface area contributed by atoms with E-state index in [-0.39, 0.29) is 12.0 Å². The third kappa shape index (κ3) is 4.25. The van der Waals surface area contributed by atoms with Gasteiger partial charge in [0.2, 0.25) is 0 Å². The third-order valence-electron chi connectivity index (χ3n) is 10.9. The fraction of sp³-hybridized carbons (Fsp3) is 0.130. The summed E-state index contributed by atoms with van der Waals surface area (Å²) in [4.78, 5) is 0. The van der Waals surface area contributed by atoms with Crippen molar-refractivity contribution in [1.29, 1.82) is 10.5 Å². The van der Waals surface area contributed by atoms with Crippen LogP contribution in [0.2, 0.25) is 0 Å². The van der Waals surface area contributed by atoms with E-state index in [9.17, 15) is 10.5 Å². The largest absolute Gasteiger partial charge is 0.454 e. The van der Waals surface area contributed by atoms with Gasteiger partial charge in [-0.05, 0) is 84.2 Å². The zero-order valence-corrected chi connectivity index (χ0v) is 28.3. The minimum atomic E-state index is -0.0878. The van der Waals surface area contributed by atoms with Crippen molar-refractivity contribution in [2.45, 2.75) is 26.3 Å². The molecule has 0 amide bonds. The van der Waals surface area contributed by atoms with Crippen LogP contribution >= 0.6 is 0 Å². The van der Waals surface area contributed by atoms with E-state index in [2.05, 4.69) is 138 Å². The quantitative estimate of drug-likeness (QED) is 0.190. The topological polar surface area (TPSA) is 70.6 Å². The molecule has 3 atom stereocenters. The van der Waals surface area contributed by atoms with Crippen molar-refractivity contribution in [1.82, 2.24) is 9.13 Å². The molecule has 0 spiro atoms. The lowest BCUT2D eigenvalue weighted by Crippen LogP contribution is -2.20. The smallest absolute Gasteiger partial charge is 0.160 e. The zero-order valence-electron chi connectivity index (χ0n) is 28.3. The van der Waals surface area contributed by atoms with E-state index in [1.165, 1.54) is 0 Å². The Morgan fingerprint density at radius 3 is 2.31 bits per heavy atom. The molecule has 3 heterocycles. The van der Waals surface area contributed by atoms with Gasteiger partial charge in [-0.2, -0.15) is 10.5 Å². The summed E-state index contributed by atoms with van der Waals surface area (Å²) in [6, 6.07) is 38.6. The fourth-order valence-corrected chi connectivity index (χ4v) is 8.73. The minimum Gasteiger partial charge on any atom is -0.454 e. The molecule has 0 aliphatic heterocycles. The molecule has 5 heteroatoms. The lowest BCUT2D eigenvalue weighted by molar-refractivity contribution is 0.523. The van der Waals surface area contributed by atoms with Crippen LogP contribution in [0.5, 0.6) is 0 Å². The van der Waals surface area contributed by atoms with Gasteiger partial charge in [-0.1, -0.05) is 80.6 Å². The number of hydrogen-bond acceptors (Lipinski definition) is 3. The SMILES string of the molecule is CC1C=C(n2c3ccc(C4=CC(C#N)=CC(C)C4n4c5ccccc5c5cc(C#N)ccc54)cc3c3ccc4c5ccccc5oc4c32)C=CC1. The second kappa shape index (κ2) is 11.0. The highest BCUT2D eigenvalue weighted by atomic mass is 16.3. The van der Waals surface area contributed by atoms with Gasteiger partial charge in [-0.15, -0.1) is 0 Å². The van der Waals surface area contributed by atoms with Crippen LogP contribution in [-0.4, -0.2) is 9.13 Å². The van der Waals surface area contributed by atoms with Crippen LogP contribution < -0.4 is 0 Å². The number of rotatable bonds is 3. The first-order valence-corrected chi connectivity index (χ1v) is 17.6. The molecule has 8 aromatic rings. The number of furan rings is 1. The van der Waals surface area contributed by atoms with E-state index >= 15 is 0 Å². The average Bonchev–Trinajstić information content (AvgIpc) is 3.81. The van der Waals surface area contributed by atoms with Crippen molar-refractivity contribution < 1.29 is 4.42 Å². The van der Waals surface area contributed by atoms with Gasteiger partial charge in [-0.25, -0.2) is 0 Å². The molecule has 0 bridgehead atoms. The number of para-hydroxylation sites is 2. The number of nitrogens with zero attached hydrogens (tertiary/aromatic N) is 4. The molecule has 51 heavy (non-hydrogen) atoms. The molecular weight excluding hydrogens is 625 g/mol. The van der Waals surface area contributed by atoms with Crippen molar-refractivity contribution in [2.75, 3.05) is 0 Å². The van der Waals surface area contributed by atoms with E-state index in [1.807, 2.05) is 24.3 Å². The van der Waals surface area contributed by atoms with Crippen molar-refractivity contribution in [3.05, 3.63) is 144 Å². The molecule has 2 aliphatic rings. The Labute approximate surface area is 294 Å². The Hall–Kier alpha value is -6.56. The van der Waals surface area contributed by atoms with Gasteiger partial charge >= 0.3 is 0 Å². The van der Waals surface area contributed by atoms with Gasteiger partial charge in [-0.3, -0.25) is 0 Å². The van der Waals surface area contributed by atoms with Crippen molar-refractivity contribution in [3.8, 4) is 12.1 Å². The molecule has 0 radical (unpaired) electrons. The summed E-state index contributed by atoms with van der Waals surface area (Å²) in [5.74, 6) is 0.452. The molecule has 10 rings (SSSR count). The lowest BCUT2D eigenvalue weighted by Gasteiger charge is -2.31. The molecule has 5 aromatic carbocycles. The summed E-state index contributed by atoms with van der Waals surface area (Å²) >= 11 is 0. The van der Waals surface area contributed by atoms with E-state index < -0.39 is 0 Å². The molecule has 0 fully saturated rings. The van der Waals surface area contributed by atoms with Crippen LogP contribution in [0, 0.1) is 34.5 Å². The monoisotopic (exact) mass is 656 g/mol. The second-order valence-corrected chi connectivity index (χ2v) is 14.1. The van der Waals surface area contributed by atoms with Gasteiger partial charge in [0.25, 0.3) is 0 Å². The number of benzene rings is 5. The van der Waals surface area contributed by atoms with Crippen molar-refractivity contribution in [3.63, 3.8) is 0 Å². The third-order valence-corrected chi connectivity index (χ3v) is 10.9. The summed E-state index contributed by atoms with van der Waals surface area (Å²) in [6.07, 6.45) is 12.0. The Kier molecular flexibility index (Phi) is 6.32. The Bertz CT molecular complexity index is 3010. The number of hydrogen-bond donors (Lipinski definition) is 0.